The van der Waals surface area contributed by atoms with Crippen LogP contribution in [0.1, 0.15) is 12.5 Å². The monoisotopic (exact) mass is 543 g/mol. The van der Waals surface area contributed by atoms with Gasteiger partial charge in [-0.2, -0.15) is 9.78 Å². The van der Waals surface area contributed by atoms with Gasteiger partial charge in [-0.15, -0.1) is 0 Å². The first-order valence-electron chi connectivity index (χ1n) is 11.3. The molecule has 0 saturated carbocycles. The van der Waals surface area contributed by atoms with Crippen molar-refractivity contribution in [3.8, 4) is 23.1 Å². The Balaban J connectivity index is 1.65. The molecule has 0 radical (unpaired) electrons. The Kier molecular flexibility index (Phi) is 6.69. The predicted octanol–water partition coefficient (Wildman–Crippen LogP) is 6.42. The maximum atomic E-state index is 13.5. The van der Waals surface area contributed by atoms with E-state index >= 15 is 0 Å². The van der Waals surface area contributed by atoms with Crippen molar-refractivity contribution < 1.29 is 13.9 Å². The average molecular weight is 544 g/mol. The highest BCUT2D eigenvalue weighted by atomic mass is 79.9. The Hall–Kier alpha value is -4.17. The lowest BCUT2D eigenvalue weighted by Gasteiger charge is -2.13. The minimum Gasteiger partial charge on any atom is -0.490 e. The van der Waals surface area contributed by atoms with Crippen molar-refractivity contribution in [2.45, 2.75) is 6.92 Å². The second-order valence-corrected chi connectivity index (χ2v) is 8.68. The van der Waals surface area contributed by atoms with Crippen LogP contribution in [0.25, 0.3) is 33.5 Å². The number of hydrogen-bond donors (Lipinski definition) is 0. The summed E-state index contributed by atoms with van der Waals surface area (Å²) in [6, 6.07) is 20.3. The molecule has 0 atom stereocenters. The molecule has 180 valence electrons. The fourth-order valence-electron chi connectivity index (χ4n) is 3.81. The molecule has 0 aliphatic rings. The largest absolute Gasteiger partial charge is 0.490 e. The van der Waals surface area contributed by atoms with Gasteiger partial charge in [-0.1, -0.05) is 43.0 Å². The van der Waals surface area contributed by atoms with Crippen LogP contribution in [0.2, 0.25) is 0 Å². The molecule has 7 nitrogen and oxygen atoms in total. The van der Waals surface area contributed by atoms with E-state index in [1.165, 1.54) is 4.68 Å². The highest BCUT2D eigenvalue weighted by Crippen LogP contribution is 2.36. The zero-order chi connectivity index (χ0) is 25.1. The molecule has 0 N–H and O–H groups in total. The summed E-state index contributed by atoms with van der Waals surface area (Å²) in [7, 11) is 0. The highest BCUT2D eigenvalue weighted by Gasteiger charge is 2.17. The molecule has 0 fully saturated rings. The van der Waals surface area contributed by atoms with Gasteiger partial charge in [0.2, 0.25) is 5.82 Å². The van der Waals surface area contributed by atoms with Gasteiger partial charge >= 0.3 is 0 Å². The van der Waals surface area contributed by atoms with Crippen LogP contribution >= 0.6 is 15.9 Å². The number of benzene rings is 3. The molecule has 0 bridgehead atoms. The molecule has 2 aromatic heterocycles. The van der Waals surface area contributed by atoms with Gasteiger partial charge in [-0.25, -0.2) is 4.98 Å². The van der Waals surface area contributed by atoms with E-state index in [1.54, 1.807) is 36.6 Å². The Bertz CT molecular complexity index is 1640. The normalized spacial score (nSPS) is 11.4. The van der Waals surface area contributed by atoms with Crippen molar-refractivity contribution in [1.29, 1.82) is 0 Å². The van der Waals surface area contributed by atoms with Crippen LogP contribution in [-0.4, -0.2) is 29.1 Å². The minimum atomic E-state index is -0.303. The molecule has 0 saturated heterocycles. The SMILES string of the molecule is C=CCOc1c(Br)cc(C=Nn2c(-c3cc4ccccc4o3)nc3ccccc3c2=O)cc1OCC. The first kappa shape index (κ1) is 23.6. The summed E-state index contributed by atoms with van der Waals surface area (Å²) in [5.74, 6) is 1.87. The fraction of sp³-hybridized carbons (Fsp3) is 0.107. The van der Waals surface area contributed by atoms with Crippen molar-refractivity contribution in [2.24, 2.45) is 5.10 Å². The van der Waals surface area contributed by atoms with E-state index in [9.17, 15) is 4.79 Å². The first-order chi connectivity index (χ1) is 17.6. The van der Waals surface area contributed by atoms with Crippen molar-refractivity contribution in [3.63, 3.8) is 0 Å². The number of furan rings is 1. The van der Waals surface area contributed by atoms with Crippen LogP contribution < -0.4 is 15.0 Å². The van der Waals surface area contributed by atoms with Crippen LogP contribution in [0.4, 0.5) is 0 Å². The second-order valence-electron chi connectivity index (χ2n) is 7.83. The summed E-state index contributed by atoms with van der Waals surface area (Å²) in [4.78, 5) is 18.2. The number of para-hydroxylation sites is 2. The van der Waals surface area contributed by atoms with Gasteiger partial charge in [0, 0.05) is 5.39 Å². The second kappa shape index (κ2) is 10.2. The summed E-state index contributed by atoms with van der Waals surface area (Å²) in [5.41, 5.74) is 1.66. The molecule has 2 heterocycles. The van der Waals surface area contributed by atoms with Crippen LogP contribution in [-0.2, 0) is 0 Å². The first-order valence-corrected chi connectivity index (χ1v) is 12.1. The minimum absolute atomic E-state index is 0.303. The van der Waals surface area contributed by atoms with Gasteiger partial charge in [0.25, 0.3) is 5.56 Å². The van der Waals surface area contributed by atoms with Gasteiger partial charge < -0.3 is 13.9 Å². The molecule has 5 rings (SSSR count). The molecule has 3 aromatic carbocycles. The lowest BCUT2D eigenvalue weighted by molar-refractivity contribution is 0.295. The van der Waals surface area contributed by atoms with Crippen LogP contribution in [0.3, 0.4) is 0 Å². The number of rotatable bonds is 8. The van der Waals surface area contributed by atoms with E-state index in [1.807, 2.05) is 49.4 Å². The molecule has 0 unspecified atom stereocenters. The van der Waals surface area contributed by atoms with Crippen LogP contribution in [0, 0.1) is 0 Å². The zero-order valence-corrected chi connectivity index (χ0v) is 21.1. The van der Waals surface area contributed by atoms with Gasteiger partial charge in [0.05, 0.1) is 28.2 Å². The zero-order valence-electron chi connectivity index (χ0n) is 19.5. The third-order valence-corrected chi connectivity index (χ3v) is 5.99. The molecule has 36 heavy (non-hydrogen) atoms. The number of ether oxygens (including phenoxy) is 2. The maximum Gasteiger partial charge on any atom is 0.282 e. The van der Waals surface area contributed by atoms with Gasteiger partial charge in [0.1, 0.15) is 12.2 Å². The molecular weight excluding hydrogens is 522 g/mol. The highest BCUT2D eigenvalue weighted by molar-refractivity contribution is 9.10. The molecule has 0 spiro atoms. The molecule has 5 aromatic rings. The fourth-order valence-corrected chi connectivity index (χ4v) is 4.39. The third kappa shape index (κ3) is 4.55. The Morgan fingerprint density at radius 1 is 1.11 bits per heavy atom. The smallest absolute Gasteiger partial charge is 0.282 e. The summed E-state index contributed by atoms with van der Waals surface area (Å²) >= 11 is 3.55. The third-order valence-electron chi connectivity index (χ3n) is 5.40. The average Bonchev–Trinajstić information content (AvgIpc) is 3.32. The lowest BCUT2D eigenvalue weighted by atomic mass is 10.2. The van der Waals surface area contributed by atoms with E-state index in [4.69, 9.17) is 18.9 Å². The van der Waals surface area contributed by atoms with E-state index in [2.05, 4.69) is 27.6 Å². The van der Waals surface area contributed by atoms with Crippen molar-refractivity contribution in [2.75, 3.05) is 13.2 Å². The molecular formula is C28H22BrN3O4. The van der Waals surface area contributed by atoms with Gasteiger partial charge in [-0.05, 0) is 64.8 Å². The summed E-state index contributed by atoms with van der Waals surface area (Å²) in [6.45, 7) is 6.38. The topological polar surface area (TPSA) is 78.9 Å². The van der Waals surface area contributed by atoms with Gasteiger partial charge in [-0.3, -0.25) is 4.79 Å². The Labute approximate surface area is 215 Å². The number of aromatic nitrogens is 2. The van der Waals surface area contributed by atoms with Crippen molar-refractivity contribution in [3.05, 3.63) is 99.8 Å². The standard InChI is InChI=1S/C28H22BrN3O4/c1-3-13-35-26-21(29)14-18(15-24(26)34-4-2)17-30-32-27(25-16-19-9-5-8-12-23(19)36-25)31-22-11-7-6-10-20(22)28(32)33/h3,5-12,14-17H,1,4,13H2,2H3. The Morgan fingerprint density at radius 3 is 2.72 bits per heavy atom. The molecule has 8 heteroatoms. The number of hydrogen-bond acceptors (Lipinski definition) is 6. The predicted molar refractivity (Wildman–Crippen MR) is 145 cm³/mol. The number of halogens is 1. The summed E-state index contributed by atoms with van der Waals surface area (Å²) in [6.07, 6.45) is 3.24. The van der Waals surface area contributed by atoms with Crippen molar-refractivity contribution >= 4 is 44.0 Å². The van der Waals surface area contributed by atoms with E-state index in [0.29, 0.717) is 62.8 Å². The maximum absolute atomic E-state index is 13.5. The van der Waals surface area contributed by atoms with Crippen molar-refractivity contribution in [1.82, 2.24) is 9.66 Å². The molecule has 0 amide bonds. The Morgan fingerprint density at radius 2 is 1.92 bits per heavy atom. The quantitative estimate of drug-likeness (QED) is 0.167. The van der Waals surface area contributed by atoms with E-state index < -0.39 is 0 Å². The van der Waals surface area contributed by atoms with Crippen LogP contribution in [0.5, 0.6) is 11.5 Å². The molecule has 0 aliphatic carbocycles. The molecule has 0 aliphatic heterocycles. The van der Waals surface area contributed by atoms with E-state index in [0.717, 1.165) is 5.39 Å². The number of nitrogens with zero attached hydrogens (tertiary/aromatic N) is 3. The van der Waals surface area contributed by atoms with Crippen LogP contribution in [0.15, 0.2) is 98.2 Å². The number of fused-ring (bicyclic) bond motifs is 2. The van der Waals surface area contributed by atoms with Gasteiger partial charge in [0.15, 0.2) is 17.3 Å². The summed E-state index contributed by atoms with van der Waals surface area (Å²) < 4.78 is 19.5. The summed E-state index contributed by atoms with van der Waals surface area (Å²) in [5, 5.41) is 5.90. The van der Waals surface area contributed by atoms with E-state index in [-0.39, 0.29) is 5.56 Å². The lowest BCUT2D eigenvalue weighted by Crippen LogP contribution is -2.20.